The van der Waals surface area contributed by atoms with Crippen LogP contribution in [0, 0.1) is 6.92 Å². The molecule has 1 N–H and O–H groups in total. The fraction of sp³-hybridized carbons (Fsp3) is 0.238. The number of halogens is 1. The summed E-state index contributed by atoms with van der Waals surface area (Å²) in [5, 5.41) is 16.7. The predicted octanol–water partition coefficient (Wildman–Crippen LogP) is 5.19. The molecule has 0 spiro atoms. The van der Waals surface area contributed by atoms with Gasteiger partial charge in [0.1, 0.15) is 0 Å². The number of thiazole rings is 1. The van der Waals surface area contributed by atoms with Gasteiger partial charge in [-0.25, -0.2) is 4.68 Å². The zero-order chi connectivity index (χ0) is 20.3. The molecular formula is C21H22BrN3O2S. The lowest BCUT2D eigenvalue weighted by Crippen LogP contribution is -2.14. The van der Waals surface area contributed by atoms with Crippen LogP contribution in [0.5, 0.6) is 11.5 Å². The van der Waals surface area contributed by atoms with E-state index in [2.05, 4.69) is 57.6 Å². The van der Waals surface area contributed by atoms with Crippen LogP contribution in [-0.2, 0) is 0 Å². The van der Waals surface area contributed by atoms with Gasteiger partial charge in [0.05, 0.1) is 23.5 Å². The Kier molecular flexibility index (Phi) is 6.36. The number of rotatable bonds is 5. The summed E-state index contributed by atoms with van der Waals surface area (Å²) in [6.07, 6.45) is 1.73. The molecule has 0 aliphatic rings. The topological polar surface area (TPSA) is 59.1 Å². The number of ether oxygens (including phenoxy) is 1. The van der Waals surface area contributed by atoms with Crippen molar-refractivity contribution in [1.29, 1.82) is 0 Å². The summed E-state index contributed by atoms with van der Waals surface area (Å²) < 4.78 is 7.62. The first-order valence-electron chi connectivity index (χ1n) is 8.81. The monoisotopic (exact) mass is 459 g/mol. The highest BCUT2D eigenvalue weighted by Crippen LogP contribution is 2.34. The number of phenols is 1. The van der Waals surface area contributed by atoms with Gasteiger partial charge in [0, 0.05) is 17.0 Å². The van der Waals surface area contributed by atoms with Gasteiger partial charge in [-0.1, -0.05) is 29.8 Å². The minimum Gasteiger partial charge on any atom is -0.503 e. The molecule has 146 valence electrons. The molecule has 0 amide bonds. The van der Waals surface area contributed by atoms with E-state index in [1.807, 2.05) is 18.5 Å². The second-order valence-corrected chi connectivity index (χ2v) is 8.29. The van der Waals surface area contributed by atoms with Gasteiger partial charge in [-0.05, 0) is 54.4 Å². The second-order valence-electron chi connectivity index (χ2n) is 6.60. The molecule has 2 aromatic carbocycles. The van der Waals surface area contributed by atoms with Crippen molar-refractivity contribution >= 4 is 33.5 Å². The zero-order valence-corrected chi connectivity index (χ0v) is 18.6. The highest BCUT2D eigenvalue weighted by molar-refractivity contribution is 9.10. The van der Waals surface area contributed by atoms with Crippen molar-refractivity contribution in [2.45, 2.75) is 26.8 Å². The van der Waals surface area contributed by atoms with Gasteiger partial charge in [0.2, 0.25) is 4.80 Å². The normalized spacial score (nSPS) is 12.3. The van der Waals surface area contributed by atoms with Gasteiger partial charge in [-0.15, -0.1) is 11.3 Å². The smallest absolute Gasteiger partial charge is 0.206 e. The third-order valence-corrected chi connectivity index (χ3v) is 5.43. The number of nitrogens with zero attached hydrogens (tertiary/aromatic N) is 3. The first-order valence-corrected chi connectivity index (χ1v) is 10.5. The third-order valence-electron chi connectivity index (χ3n) is 3.99. The van der Waals surface area contributed by atoms with E-state index >= 15 is 0 Å². The number of methoxy groups -OCH3 is 1. The molecule has 7 heteroatoms. The van der Waals surface area contributed by atoms with Gasteiger partial charge in [-0.3, -0.25) is 4.99 Å². The molecular weight excluding hydrogens is 438 g/mol. The van der Waals surface area contributed by atoms with Crippen molar-refractivity contribution < 1.29 is 9.84 Å². The Labute approximate surface area is 176 Å². The fourth-order valence-corrected chi connectivity index (χ4v) is 4.02. The summed E-state index contributed by atoms with van der Waals surface area (Å²) >= 11 is 4.91. The molecule has 1 heterocycles. The molecule has 5 nitrogen and oxygen atoms in total. The largest absolute Gasteiger partial charge is 0.503 e. The van der Waals surface area contributed by atoms with Gasteiger partial charge >= 0.3 is 0 Å². The summed E-state index contributed by atoms with van der Waals surface area (Å²) in [6, 6.07) is 12.0. The first-order chi connectivity index (χ1) is 13.4. The summed E-state index contributed by atoms with van der Waals surface area (Å²) in [7, 11) is 1.52. The summed E-state index contributed by atoms with van der Waals surface area (Å²) in [6.45, 7) is 6.15. The van der Waals surface area contributed by atoms with Crippen LogP contribution >= 0.6 is 27.3 Å². The van der Waals surface area contributed by atoms with E-state index in [0.717, 1.165) is 21.6 Å². The molecule has 0 aliphatic heterocycles. The molecule has 0 bridgehead atoms. The number of hydrogen-bond donors (Lipinski definition) is 1. The van der Waals surface area contributed by atoms with E-state index in [-0.39, 0.29) is 11.8 Å². The molecule has 0 radical (unpaired) electrons. The first kappa shape index (κ1) is 20.4. The number of phenolic OH excluding ortho intramolecular Hbond substituents is 1. The molecule has 0 saturated heterocycles. The predicted molar refractivity (Wildman–Crippen MR) is 119 cm³/mol. The van der Waals surface area contributed by atoms with Crippen molar-refractivity contribution in [1.82, 2.24) is 4.68 Å². The van der Waals surface area contributed by atoms with Crippen LogP contribution in [-0.4, -0.2) is 29.1 Å². The summed E-state index contributed by atoms with van der Waals surface area (Å²) in [4.78, 5) is 5.52. The zero-order valence-electron chi connectivity index (χ0n) is 16.2. The van der Waals surface area contributed by atoms with E-state index < -0.39 is 0 Å². The van der Waals surface area contributed by atoms with E-state index in [1.54, 1.807) is 29.7 Å². The van der Waals surface area contributed by atoms with Gasteiger partial charge < -0.3 is 9.84 Å². The van der Waals surface area contributed by atoms with E-state index in [9.17, 15) is 5.11 Å². The minimum atomic E-state index is 0.0682. The Morgan fingerprint density at radius 3 is 2.57 bits per heavy atom. The number of aromatic nitrogens is 1. The maximum Gasteiger partial charge on any atom is 0.206 e. The maximum absolute atomic E-state index is 10.00. The van der Waals surface area contributed by atoms with Crippen molar-refractivity contribution in [2.24, 2.45) is 10.1 Å². The minimum absolute atomic E-state index is 0.0682. The molecule has 0 fully saturated rings. The maximum atomic E-state index is 10.00. The van der Waals surface area contributed by atoms with Crippen LogP contribution in [0.1, 0.15) is 25.0 Å². The summed E-state index contributed by atoms with van der Waals surface area (Å²) in [5.41, 5.74) is 4.06. The van der Waals surface area contributed by atoms with Gasteiger partial charge in [0.15, 0.2) is 11.5 Å². The van der Waals surface area contributed by atoms with Crippen molar-refractivity contribution in [3.63, 3.8) is 0 Å². The quantitative estimate of drug-likeness (QED) is 0.533. The van der Waals surface area contributed by atoms with E-state index in [1.165, 1.54) is 12.7 Å². The van der Waals surface area contributed by atoms with Gasteiger partial charge in [0.25, 0.3) is 0 Å². The molecule has 0 unspecified atom stereocenters. The molecule has 28 heavy (non-hydrogen) atoms. The Morgan fingerprint density at radius 1 is 1.21 bits per heavy atom. The molecule has 0 aliphatic carbocycles. The fourth-order valence-electron chi connectivity index (χ4n) is 2.59. The molecule has 3 rings (SSSR count). The lowest BCUT2D eigenvalue weighted by molar-refractivity contribution is 0.372. The Bertz CT molecular complexity index is 1070. The second kappa shape index (κ2) is 8.75. The van der Waals surface area contributed by atoms with E-state index in [0.29, 0.717) is 10.2 Å². The lowest BCUT2D eigenvalue weighted by Gasteiger charge is -2.07. The Hall–Kier alpha value is -2.38. The van der Waals surface area contributed by atoms with Crippen LogP contribution in [0.25, 0.3) is 11.3 Å². The van der Waals surface area contributed by atoms with Crippen LogP contribution < -0.4 is 9.54 Å². The van der Waals surface area contributed by atoms with Crippen molar-refractivity contribution in [3.05, 3.63) is 62.2 Å². The average Bonchev–Trinajstić information content (AvgIpc) is 3.05. The lowest BCUT2D eigenvalue weighted by atomic mass is 10.1. The number of hydrogen-bond acceptors (Lipinski definition) is 5. The third kappa shape index (κ3) is 4.54. The van der Waals surface area contributed by atoms with Crippen LogP contribution in [0.3, 0.4) is 0 Å². The molecule has 0 saturated carbocycles. The van der Waals surface area contributed by atoms with Crippen molar-refractivity contribution in [3.8, 4) is 22.8 Å². The summed E-state index contributed by atoms with van der Waals surface area (Å²) in [5.74, 6) is 0.454. The van der Waals surface area contributed by atoms with E-state index in [4.69, 9.17) is 9.73 Å². The number of benzene rings is 2. The van der Waals surface area contributed by atoms with Crippen LogP contribution in [0.15, 0.2) is 56.3 Å². The SMILES string of the molecule is COc1cc(C=Nn2c(-c3ccc(C)cc3)csc2=NC(C)C)cc(Br)c1O. The van der Waals surface area contributed by atoms with Crippen molar-refractivity contribution in [2.75, 3.05) is 7.11 Å². The van der Waals surface area contributed by atoms with Crippen LogP contribution in [0.4, 0.5) is 0 Å². The van der Waals surface area contributed by atoms with Gasteiger partial charge in [-0.2, -0.15) is 5.10 Å². The Balaban J connectivity index is 2.10. The highest BCUT2D eigenvalue weighted by Gasteiger charge is 2.10. The van der Waals surface area contributed by atoms with Crippen LogP contribution in [0.2, 0.25) is 0 Å². The Morgan fingerprint density at radius 2 is 1.93 bits per heavy atom. The molecule has 3 aromatic rings. The standard InChI is InChI=1S/C21H22BrN3O2S/c1-13(2)24-21-25(18(12-28-21)16-7-5-14(3)6-8-16)23-11-15-9-17(22)20(26)19(10-15)27-4/h5-13,26H,1-4H3. The molecule has 0 atom stereocenters. The number of aromatic hydroxyl groups is 1. The average molecular weight is 460 g/mol. The molecule has 1 aromatic heterocycles. The number of aryl methyl sites for hydroxylation is 1. The highest BCUT2D eigenvalue weighted by atomic mass is 79.9.